The SMILES string of the molecule is CC(=O)Nc1c(C(=O)N(C)Cc2ccco2)cnn1-c1ccccc1Cl. The van der Waals surface area contributed by atoms with Crippen molar-refractivity contribution in [2.45, 2.75) is 13.5 Å². The first kappa shape index (κ1) is 17.8. The number of aromatic nitrogens is 2. The molecule has 134 valence electrons. The maximum Gasteiger partial charge on any atom is 0.259 e. The molecule has 0 atom stereocenters. The topological polar surface area (TPSA) is 80.4 Å². The third-order valence-electron chi connectivity index (χ3n) is 3.69. The predicted molar refractivity (Wildman–Crippen MR) is 97.4 cm³/mol. The van der Waals surface area contributed by atoms with E-state index >= 15 is 0 Å². The van der Waals surface area contributed by atoms with Gasteiger partial charge in [0, 0.05) is 14.0 Å². The molecule has 3 rings (SSSR count). The number of carbonyl (C=O) groups excluding carboxylic acids is 2. The van der Waals surface area contributed by atoms with Crippen molar-refractivity contribution in [2.24, 2.45) is 0 Å². The Labute approximate surface area is 155 Å². The first-order chi connectivity index (χ1) is 12.5. The number of nitrogens with zero attached hydrogens (tertiary/aromatic N) is 3. The second kappa shape index (κ2) is 7.45. The fourth-order valence-electron chi connectivity index (χ4n) is 2.51. The van der Waals surface area contributed by atoms with Gasteiger partial charge in [-0.3, -0.25) is 9.59 Å². The Morgan fingerprint density at radius 3 is 2.69 bits per heavy atom. The number of carbonyl (C=O) groups is 2. The normalized spacial score (nSPS) is 10.6. The Hall–Kier alpha value is -3.06. The molecule has 0 saturated carbocycles. The number of halogens is 1. The zero-order valence-corrected chi connectivity index (χ0v) is 15.0. The third-order valence-corrected chi connectivity index (χ3v) is 4.01. The maximum absolute atomic E-state index is 12.8. The minimum atomic E-state index is -0.318. The zero-order chi connectivity index (χ0) is 18.7. The number of anilines is 1. The van der Waals surface area contributed by atoms with Crippen molar-refractivity contribution in [3.05, 3.63) is 65.2 Å². The van der Waals surface area contributed by atoms with Crippen LogP contribution in [0.25, 0.3) is 5.69 Å². The summed E-state index contributed by atoms with van der Waals surface area (Å²) in [6.07, 6.45) is 2.96. The van der Waals surface area contributed by atoms with Gasteiger partial charge in [0.2, 0.25) is 5.91 Å². The van der Waals surface area contributed by atoms with Gasteiger partial charge in [0.1, 0.15) is 17.1 Å². The monoisotopic (exact) mass is 372 g/mol. The Morgan fingerprint density at radius 2 is 2.04 bits per heavy atom. The molecule has 26 heavy (non-hydrogen) atoms. The van der Waals surface area contributed by atoms with Crippen molar-refractivity contribution in [1.29, 1.82) is 0 Å². The van der Waals surface area contributed by atoms with Crippen molar-refractivity contribution in [3.8, 4) is 5.69 Å². The highest BCUT2D eigenvalue weighted by Gasteiger charge is 2.23. The summed E-state index contributed by atoms with van der Waals surface area (Å²) in [7, 11) is 1.65. The van der Waals surface area contributed by atoms with E-state index in [0.717, 1.165) is 0 Å². The van der Waals surface area contributed by atoms with Crippen LogP contribution in [0.3, 0.4) is 0 Å². The van der Waals surface area contributed by atoms with E-state index in [-0.39, 0.29) is 23.2 Å². The van der Waals surface area contributed by atoms with E-state index in [2.05, 4.69) is 10.4 Å². The molecule has 0 unspecified atom stereocenters. The number of hydrogen-bond donors (Lipinski definition) is 1. The average Bonchev–Trinajstić information content (AvgIpc) is 3.24. The molecule has 2 heterocycles. The Morgan fingerprint density at radius 1 is 1.27 bits per heavy atom. The standard InChI is InChI=1S/C18H17ClN4O3/c1-12(24)21-17-14(18(25)22(2)11-13-6-5-9-26-13)10-20-23(17)16-8-4-3-7-15(16)19/h3-10H,11H2,1-2H3,(H,21,24). The molecule has 7 nitrogen and oxygen atoms in total. The van der Waals surface area contributed by atoms with Gasteiger partial charge in [0.25, 0.3) is 5.91 Å². The van der Waals surface area contributed by atoms with Gasteiger partial charge in [-0.15, -0.1) is 0 Å². The van der Waals surface area contributed by atoms with Gasteiger partial charge in [0.15, 0.2) is 0 Å². The van der Waals surface area contributed by atoms with E-state index in [1.165, 1.54) is 22.7 Å². The molecule has 2 amide bonds. The van der Waals surface area contributed by atoms with Crippen molar-refractivity contribution in [3.63, 3.8) is 0 Å². The summed E-state index contributed by atoms with van der Waals surface area (Å²) in [5, 5.41) is 7.37. The first-order valence-corrected chi connectivity index (χ1v) is 8.23. The minimum absolute atomic E-state index is 0.258. The van der Waals surface area contributed by atoms with Crippen molar-refractivity contribution < 1.29 is 14.0 Å². The molecule has 0 aliphatic carbocycles. The average molecular weight is 373 g/mol. The molecule has 0 fully saturated rings. The molecule has 2 aromatic heterocycles. The van der Waals surface area contributed by atoms with Gasteiger partial charge in [-0.05, 0) is 24.3 Å². The van der Waals surface area contributed by atoms with Crippen LogP contribution in [0.5, 0.6) is 0 Å². The first-order valence-electron chi connectivity index (χ1n) is 7.85. The van der Waals surface area contributed by atoms with E-state index in [4.69, 9.17) is 16.0 Å². The lowest BCUT2D eigenvalue weighted by atomic mass is 10.2. The molecule has 1 N–H and O–H groups in total. The van der Waals surface area contributed by atoms with Gasteiger partial charge < -0.3 is 14.6 Å². The summed E-state index contributed by atoms with van der Waals surface area (Å²) in [6.45, 7) is 1.66. The van der Waals surface area contributed by atoms with Crippen LogP contribution in [-0.2, 0) is 11.3 Å². The number of nitrogens with one attached hydrogen (secondary N) is 1. The summed E-state index contributed by atoms with van der Waals surface area (Å²) < 4.78 is 6.72. The fourth-order valence-corrected chi connectivity index (χ4v) is 2.73. The highest BCUT2D eigenvalue weighted by molar-refractivity contribution is 6.32. The van der Waals surface area contributed by atoms with Crippen LogP contribution in [0, 0.1) is 0 Å². The molecule has 3 aromatic rings. The number of benzene rings is 1. The summed E-state index contributed by atoms with van der Waals surface area (Å²) in [5.41, 5.74) is 0.819. The third kappa shape index (κ3) is 3.62. The van der Waals surface area contributed by atoms with E-state index in [0.29, 0.717) is 23.0 Å². The van der Waals surface area contributed by atoms with E-state index in [1.807, 2.05) is 0 Å². The van der Waals surface area contributed by atoms with Gasteiger partial charge in [-0.25, -0.2) is 4.68 Å². The van der Waals surface area contributed by atoms with Gasteiger partial charge in [-0.1, -0.05) is 23.7 Å². The molecule has 0 aliphatic heterocycles. The molecule has 8 heteroatoms. The van der Waals surface area contributed by atoms with Crippen LogP contribution in [0.2, 0.25) is 5.02 Å². The quantitative estimate of drug-likeness (QED) is 0.744. The van der Waals surface area contributed by atoms with E-state index < -0.39 is 0 Å². The highest BCUT2D eigenvalue weighted by atomic mass is 35.5. The molecule has 0 bridgehead atoms. The summed E-state index contributed by atoms with van der Waals surface area (Å²) in [5.74, 6) is 0.298. The van der Waals surface area contributed by atoms with Crippen LogP contribution in [0.1, 0.15) is 23.0 Å². The maximum atomic E-state index is 12.8. The number of para-hydroxylation sites is 1. The molecule has 1 aromatic carbocycles. The molecule has 0 spiro atoms. The van der Waals surface area contributed by atoms with Gasteiger partial charge in [0.05, 0.1) is 29.7 Å². The molecule has 0 saturated heterocycles. The van der Waals surface area contributed by atoms with Crippen LogP contribution in [-0.4, -0.2) is 33.5 Å². The van der Waals surface area contributed by atoms with Crippen molar-refractivity contribution in [2.75, 3.05) is 12.4 Å². The lowest BCUT2D eigenvalue weighted by Crippen LogP contribution is -2.27. The Bertz CT molecular complexity index is 934. The number of hydrogen-bond acceptors (Lipinski definition) is 4. The second-order valence-corrected chi connectivity index (χ2v) is 6.10. The second-order valence-electron chi connectivity index (χ2n) is 5.69. The molecular formula is C18H17ClN4O3. The van der Waals surface area contributed by atoms with Crippen molar-refractivity contribution in [1.82, 2.24) is 14.7 Å². The largest absolute Gasteiger partial charge is 0.467 e. The molecular weight excluding hydrogens is 356 g/mol. The number of amides is 2. The molecule has 0 radical (unpaired) electrons. The van der Waals surface area contributed by atoms with Crippen LogP contribution in [0.15, 0.2) is 53.3 Å². The highest BCUT2D eigenvalue weighted by Crippen LogP contribution is 2.26. The lowest BCUT2D eigenvalue weighted by Gasteiger charge is -2.16. The van der Waals surface area contributed by atoms with Crippen LogP contribution in [0.4, 0.5) is 5.82 Å². The Kier molecular flexibility index (Phi) is 5.09. The smallest absolute Gasteiger partial charge is 0.259 e. The summed E-state index contributed by atoms with van der Waals surface area (Å²) >= 11 is 6.23. The zero-order valence-electron chi connectivity index (χ0n) is 14.3. The van der Waals surface area contributed by atoms with Crippen LogP contribution < -0.4 is 5.32 Å². The van der Waals surface area contributed by atoms with Crippen LogP contribution >= 0.6 is 11.6 Å². The van der Waals surface area contributed by atoms with Crippen molar-refractivity contribution >= 4 is 29.2 Å². The lowest BCUT2D eigenvalue weighted by molar-refractivity contribution is -0.114. The summed E-state index contributed by atoms with van der Waals surface area (Å²) in [4.78, 5) is 26.0. The summed E-state index contributed by atoms with van der Waals surface area (Å²) in [6, 6.07) is 10.6. The predicted octanol–water partition coefficient (Wildman–Crippen LogP) is 3.35. The Balaban J connectivity index is 1.97. The fraction of sp³-hybridized carbons (Fsp3) is 0.167. The number of furan rings is 1. The minimum Gasteiger partial charge on any atom is -0.467 e. The van der Waals surface area contributed by atoms with E-state index in [9.17, 15) is 9.59 Å². The van der Waals surface area contributed by atoms with E-state index in [1.54, 1.807) is 49.7 Å². The number of rotatable bonds is 5. The van der Waals surface area contributed by atoms with Gasteiger partial charge in [-0.2, -0.15) is 5.10 Å². The molecule has 0 aliphatic rings. The van der Waals surface area contributed by atoms with Gasteiger partial charge >= 0.3 is 0 Å².